The number of fused-ring (bicyclic) bond motifs is 1. The van der Waals surface area contributed by atoms with Crippen molar-refractivity contribution in [1.29, 1.82) is 0 Å². The Hall–Kier alpha value is -2.55. The fourth-order valence-electron chi connectivity index (χ4n) is 2.66. The minimum Gasteiger partial charge on any atom is -0.361 e. The molecule has 1 aromatic heterocycles. The standard InChI is InChI=1S/C19H20N2O/c1-21(19(22)13-15-7-3-2-4-8-15)12-11-16-14-20-18-10-6-5-9-17(16)18/h2-10,14,20H,11-13H2,1H3. The van der Waals surface area contributed by atoms with E-state index in [0.717, 1.165) is 24.0 Å². The van der Waals surface area contributed by atoms with Gasteiger partial charge >= 0.3 is 0 Å². The first-order chi connectivity index (χ1) is 10.7. The number of aromatic nitrogens is 1. The van der Waals surface area contributed by atoms with E-state index in [-0.39, 0.29) is 5.91 Å². The van der Waals surface area contributed by atoms with Crippen LogP contribution >= 0.6 is 0 Å². The van der Waals surface area contributed by atoms with Gasteiger partial charge in [-0.2, -0.15) is 0 Å². The Labute approximate surface area is 130 Å². The van der Waals surface area contributed by atoms with E-state index in [1.807, 2.05) is 60.6 Å². The molecule has 1 heterocycles. The normalized spacial score (nSPS) is 10.8. The summed E-state index contributed by atoms with van der Waals surface area (Å²) < 4.78 is 0. The third-order valence-electron chi connectivity index (χ3n) is 4.02. The van der Waals surface area contributed by atoms with Crippen LogP contribution in [0.5, 0.6) is 0 Å². The number of carbonyl (C=O) groups excluding carboxylic acids is 1. The molecule has 22 heavy (non-hydrogen) atoms. The lowest BCUT2D eigenvalue weighted by Crippen LogP contribution is -2.30. The molecular weight excluding hydrogens is 272 g/mol. The minimum absolute atomic E-state index is 0.158. The molecule has 2 aromatic carbocycles. The van der Waals surface area contributed by atoms with Crippen molar-refractivity contribution in [3.63, 3.8) is 0 Å². The molecule has 0 spiro atoms. The maximum atomic E-state index is 12.3. The summed E-state index contributed by atoms with van der Waals surface area (Å²) in [6, 6.07) is 18.1. The lowest BCUT2D eigenvalue weighted by atomic mass is 10.1. The second-order valence-electron chi connectivity index (χ2n) is 5.59. The maximum absolute atomic E-state index is 12.3. The highest BCUT2D eigenvalue weighted by Crippen LogP contribution is 2.18. The van der Waals surface area contributed by atoms with Gasteiger partial charge in [-0.05, 0) is 23.6 Å². The number of hydrogen-bond acceptors (Lipinski definition) is 1. The average Bonchev–Trinajstić information content (AvgIpc) is 2.97. The van der Waals surface area contributed by atoms with Crippen LogP contribution in [0.25, 0.3) is 10.9 Å². The van der Waals surface area contributed by atoms with Gasteiger partial charge in [0.15, 0.2) is 0 Å². The van der Waals surface area contributed by atoms with E-state index in [9.17, 15) is 4.79 Å². The van der Waals surface area contributed by atoms with Crippen molar-refractivity contribution in [2.24, 2.45) is 0 Å². The van der Waals surface area contributed by atoms with Crippen molar-refractivity contribution in [2.75, 3.05) is 13.6 Å². The van der Waals surface area contributed by atoms with Crippen LogP contribution in [0, 0.1) is 0 Å². The molecule has 0 fully saturated rings. The van der Waals surface area contributed by atoms with E-state index in [4.69, 9.17) is 0 Å². The van der Waals surface area contributed by atoms with Crippen molar-refractivity contribution < 1.29 is 4.79 Å². The smallest absolute Gasteiger partial charge is 0.226 e. The summed E-state index contributed by atoms with van der Waals surface area (Å²) in [5, 5.41) is 1.24. The van der Waals surface area contributed by atoms with Crippen LogP contribution in [-0.4, -0.2) is 29.4 Å². The van der Waals surface area contributed by atoms with Crippen molar-refractivity contribution in [1.82, 2.24) is 9.88 Å². The lowest BCUT2D eigenvalue weighted by molar-refractivity contribution is -0.129. The third-order valence-corrected chi connectivity index (χ3v) is 4.02. The summed E-state index contributed by atoms with van der Waals surface area (Å²) >= 11 is 0. The highest BCUT2D eigenvalue weighted by Gasteiger charge is 2.10. The van der Waals surface area contributed by atoms with Gasteiger partial charge in [-0.25, -0.2) is 0 Å². The van der Waals surface area contributed by atoms with Gasteiger partial charge in [-0.1, -0.05) is 48.5 Å². The first kappa shape index (κ1) is 14.4. The van der Waals surface area contributed by atoms with Gasteiger partial charge in [-0.3, -0.25) is 4.79 Å². The predicted molar refractivity (Wildman–Crippen MR) is 89.8 cm³/mol. The number of likely N-dealkylation sites (N-methyl/N-ethyl adjacent to an activating group) is 1. The molecule has 3 aromatic rings. The summed E-state index contributed by atoms with van der Waals surface area (Å²) in [5.41, 5.74) is 3.47. The number of nitrogens with zero attached hydrogens (tertiary/aromatic N) is 1. The second-order valence-corrected chi connectivity index (χ2v) is 5.59. The summed E-state index contributed by atoms with van der Waals surface area (Å²) in [6.45, 7) is 0.730. The number of nitrogens with one attached hydrogen (secondary N) is 1. The summed E-state index contributed by atoms with van der Waals surface area (Å²) in [7, 11) is 1.88. The average molecular weight is 292 g/mol. The highest BCUT2D eigenvalue weighted by molar-refractivity contribution is 5.83. The van der Waals surface area contributed by atoms with E-state index in [1.54, 1.807) is 0 Å². The number of carbonyl (C=O) groups is 1. The Morgan fingerprint density at radius 3 is 2.59 bits per heavy atom. The van der Waals surface area contributed by atoms with Gasteiger partial charge in [0.2, 0.25) is 5.91 Å². The van der Waals surface area contributed by atoms with Crippen molar-refractivity contribution in [2.45, 2.75) is 12.8 Å². The zero-order valence-corrected chi connectivity index (χ0v) is 12.8. The Morgan fingerprint density at radius 2 is 1.77 bits per heavy atom. The van der Waals surface area contributed by atoms with Crippen molar-refractivity contribution in [3.05, 3.63) is 71.9 Å². The monoisotopic (exact) mass is 292 g/mol. The number of para-hydroxylation sites is 1. The topological polar surface area (TPSA) is 36.1 Å². The summed E-state index contributed by atoms with van der Waals surface area (Å²) in [4.78, 5) is 17.3. The number of hydrogen-bond donors (Lipinski definition) is 1. The predicted octanol–water partition coefficient (Wildman–Crippen LogP) is 3.41. The Morgan fingerprint density at radius 1 is 1.05 bits per heavy atom. The van der Waals surface area contributed by atoms with Crippen molar-refractivity contribution in [3.8, 4) is 0 Å². The van der Waals surface area contributed by atoms with E-state index < -0.39 is 0 Å². The Kier molecular flexibility index (Phi) is 4.24. The number of amides is 1. The van der Waals surface area contributed by atoms with Gasteiger partial charge in [0.25, 0.3) is 0 Å². The summed E-state index contributed by atoms with van der Waals surface area (Å²) in [6.07, 6.45) is 3.37. The fourth-order valence-corrected chi connectivity index (χ4v) is 2.66. The molecule has 0 unspecified atom stereocenters. The Balaban J connectivity index is 1.60. The van der Waals surface area contributed by atoms with Crippen LogP contribution in [0.1, 0.15) is 11.1 Å². The first-order valence-corrected chi connectivity index (χ1v) is 7.57. The minimum atomic E-state index is 0.158. The fraction of sp³-hybridized carbons (Fsp3) is 0.211. The molecule has 3 rings (SSSR count). The molecule has 112 valence electrons. The van der Waals surface area contributed by atoms with Crippen molar-refractivity contribution >= 4 is 16.8 Å². The number of H-pyrrole nitrogens is 1. The molecule has 1 amide bonds. The zero-order valence-electron chi connectivity index (χ0n) is 12.8. The van der Waals surface area contributed by atoms with Gasteiger partial charge < -0.3 is 9.88 Å². The molecule has 3 nitrogen and oxygen atoms in total. The largest absolute Gasteiger partial charge is 0.361 e. The van der Waals surface area contributed by atoms with Crippen LogP contribution in [0.2, 0.25) is 0 Å². The summed E-state index contributed by atoms with van der Waals surface area (Å²) in [5.74, 6) is 0.158. The zero-order chi connectivity index (χ0) is 15.4. The maximum Gasteiger partial charge on any atom is 0.226 e. The van der Waals surface area contributed by atoms with Gasteiger partial charge in [0.1, 0.15) is 0 Å². The molecule has 0 saturated carbocycles. The molecule has 0 radical (unpaired) electrons. The van der Waals surface area contributed by atoms with E-state index in [0.29, 0.717) is 6.42 Å². The third kappa shape index (κ3) is 3.19. The molecule has 1 N–H and O–H groups in total. The van der Waals surface area contributed by atoms with Crippen LogP contribution in [0.3, 0.4) is 0 Å². The molecular formula is C19H20N2O. The van der Waals surface area contributed by atoms with E-state index >= 15 is 0 Å². The van der Waals surface area contributed by atoms with Gasteiger partial charge in [-0.15, -0.1) is 0 Å². The van der Waals surface area contributed by atoms with E-state index in [2.05, 4.69) is 17.1 Å². The highest BCUT2D eigenvalue weighted by atomic mass is 16.2. The van der Waals surface area contributed by atoms with Crippen LogP contribution in [-0.2, 0) is 17.6 Å². The lowest BCUT2D eigenvalue weighted by Gasteiger charge is -2.17. The van der Waals surface area contributed by atoms with Crippen LogP contribution in [0.15, 0.2) is 60.8 Å². The molecule has 3 heteroatoms. The molecule has 0 aliphatic rings. The molecule has 0 bridgehead atoms. The number of benzene rings is 2. The molecule has 0 aliphatic heterocycles. The van der Waals surface area contributed by atoms with Gasteiger partial charge in [0, 0.05) is 30.7 Å². The quantitative estimate of drug-likeness (QED) is 0.768. The first-order valence-electron chi connectivity index (χ1n) is 7.57. The molecule has 0 atom stereocenters. The van der Waals surface area contributed by atoms with Gasteiger partial charge in [0.05, 0.1) is 6.42 Å². The number of aromatic amines is 1. The van der Waals surface area contributed by atoms with E-state index in [1.165, 1.54) is 10.9 Å². The van der Waals surface area contributed by atoms with Crippen LogP contribution in [0.4, 0.5) is 0 Å². The molecule has 0 saturated heterocycles. The second kappa shape index (κ2) is 6.48. The SMILES string of the molecule is CN(CCc1c[nH]c2ccccc12)C(=O)Cc1ccccc1. The Bertz CT molecular complexity index is 761. The van der Waals surface area contributed by atoms with Crippen LogP contribution < -0.4 is 0 Å². The number of rotatable bonds is 5. The molecule has 0 aliphatic carbocycles.